The van der Waals surface area contributed by atoms with Crippen LogP contribution in [0.15, 0.2) is 30.3 Å². The van der Waals surface area contributed by atoms with Crippen LogP contribution in [0, 0.1) is 0 Å². The molecule has 1 heterocycles. The van der Waals surface area contributed by atoms with E-state index in [9.17, 15) is 4.79 Å². The largest absolute Gasteiger partial charge is 0.491 e. The molecule has 0 spiro atoms. The molecule has 2 atom stereocenters. The normalized spacial score (nSPS) is 21.4. The number of nitrogens with zero attached hydrogens (tertiary/aromatic N) is 1. The van der Waals surface area contributed by atoms with Crippen LogP contribution in [0.1, 0.15) is 13.8 Å². The molecule has 0 saturated carbocycles. The number of carbonyl (C=O) groups is 1. The van der Waals surface area contributed by atoms with E-state index in [2.05, 4.69) is 24.1 Å². The van der Waals surface area contributed by atoms with E-state index < -0.39 is 0 Å². The number of nitrogens with one attached hydrogen (secondary N) is 1. The van der Waals surface area contributed by atoms with Crippen molar-refractivity contribution >= 4 is 5.91 Å². The molecule has 2 rings (SSSR count). The van der Waals surface area contributed by atoms with Crippen molar-refractivity contribution < 1.29 is 19.0 Å². The van der Waals surface area contributed by atoms with E-state index >= 15 is 0 Å². The van der Waals surface area contributed by atoms with Gasteiger partial charge in [0.2, 0.25) is 5.91 Å². The average molecular weight is 336 g/mol. The summed E-state index contributed by atoms with van der Waals surface area (Å²) in [5.74, 6) is 0.712. The van der Waals surface area contributed by atoms with Gasteiger partial charge in [-0.3, -0.25) is 9.69 Å². The smallest absolute Gasteiger partial charge is 0.246 e. The van der Waals surface area contributed by atoms with Crippen LogP contribution in [-0.2, 0) is 14.3 Å². The molecule has 1 aromatic carbocycles. The Morgan fingerprint density at radius 1 is 1.21 bits per heavy atom. The lowest BCUT2D eigenvalue weighted by molar-refractivity contribution is -0.126. The van der Waals surface area contributed by atoms with Crippen molar-refractivity contribution in [2.75, 3.05) is 46.0 Å². The highest BCUT2D eigenvalue weighted by Crippen LogP contribution is 2.09. The van der Waals surface area contributed by atoms with Crippen LogP contribution in [0.2, 0.25) is 0 Å². The second-order valence-electron chi connectivity index (χ2n) is 6.08. The zero-order valence-electron chi connectivity index (χ0n) is 14.6. The van der Waals surface area contributed by atoms with Crippen molar-refractivity contribution in [1.29, 1.82) is 0 Å². The van der Waals surface area contributed by atoms with Crippen LogP contribution >= 0.6 is 0 Å². The summed E-state index contributed by atoms with van der Waals surface area (Å²) in [6.45, 7) is 8.32. The van der Waals surface area contributed by atoms with Gasteiger partial charge in [-0.25, -0.2) is 0 Å². The molecule has 6 nitrogen and oxygen atoms in total. The van der Waals surface area contributed by atoms with Crippen LogP contribution in [0.3, 0.4) is 0 Å². The molecule has 1 aliphatic rings. The molecule has 6 heteroatoms. The first-order valence-electron chi connectivity index (χ1n) is 8.53. The molecule has 0 aromatic heterocycles. The highest BCUT2D eigenvalue weighted by atomic mass is 16.5. The molecule has 1 fully saturated rings. The van der Waals surface area contributed by atoms with Gasteiger partial charge in [0.1, 0.15) is 19.0 Å². The number of carbonyl (C=O) groups excluding carboxylic acids is 1. The number of hydrogen-bond donors (Lipinski definition) is 1. The van der Waals surface area contributed by atoms with Gasteiger partial charge in [0, 0.05) is 26.2 Å². The summed E-state index contributed by atoms with van der Waals surface area (Å²) in [7, 11) is 0. The number of amides is 1. The second kappa shape index (κ2) is 10.3. The van der Waals surface area contributed by atoms with E-state index in [-0.39, 0.29) is 24.7 Å². The fraction of sp³-hybridized carbons (Fsp3) is 0.611. The minimum Gasteiger partial charge on any atom is -0.491 e. The maximum atomic E-state index is 11.7. The molecule has 1 N–H and O–H groups in total. The number of morpholine rings is 1. The predicted molar refractivity (Wildman–Crippen MR) is 92.2 cm³/mol. The second-order valence-corrected chi connectivity index (χ2v) is 6.08. The molecule has 134 valence electrons. The van der Waals surface area contributed by atoms with Crippen LogP contribution in [0.5, 0.6) is 5.75 Å². The fourth-order valence-corrected chi connectivity index (χ4v) is 2.77. The minimum atomic E-state index is -0.0935. The van der Waals surface area contributed by atoms with E-state index in [1.54, 1.807) is 0 Å². The Morgan fingerprint density at radius 2 is 1.92 bits per heavy atom. The summed E-state index contributed by atoms with van der Waals surface area (Å²) in [6.07, 6.45) is 0.495. The van der Waals surface area contributed by atoms with Gasteiger partial charge in [-0.05, 0) is 26.0 Å². The van der Waals surface area contributed by atoms with Crippen LogP contribution in [-0.4, -0.2) is 69.0 Å². The van der Waals surface area contributed by atoms with Gasteiger partial charge in [-0.1, -0.05) is 18.2 Å². The van der Waals surface area contributed by atoms with Crippen molar-refractivity contribution in [3.05, 3.63) is 30.3 Å². The molecule has 0 bridgehead atoms. The van der Waals surface area contributed by atoms with Gasteiger partial charge in [0.15, 0.2) is 0 Å². The Kier molecular flexibility index (Phi) is 8.01. The zero-order chi connectivity index (χ0) is 17.2. The Balaban J connectivity index is 1.48. The summed E-state index contributed by atoms with van der Waals surface area (Å²) < 4.78 is 16.5. The number of hydrogen-bond acceptors (Lipinski definition) is 5. The molecule has 1 saturated heterocycles. The SMILES string of the molecule is C[C@H]1CN(CCNC(=O)COCCOc2ccccc2)C[C@H](C)O1. The first-order valence-corrected chi connectivity index (χ1v) is 8.53. The highest BCUT2D eigenvalue weighted by Gasteiger charge is 2.21. The van der Waals surface area contributed by atoms with Crippen molar-refractivity contribution in [3.63, 3.8) is 0 Å². The first-order chi connectivity index (χ1) is 11.6. The first kappa shape index (κ1) is 18.7. The van der Waals surface area contributed by atoms with Gasteiger partial charge >= 0.3 is 0 Å². The van der Waals surface area contributed by atoms with Crippen molar-refractivity contribution in [2.45, 2.75) is 26.1 Å². The van der Waals surface area contributed by atoms with E-state index in [4.69, 9.17) is 14.2 Å². The molecule has 1 amide bonds. The molecule has 0 radical (unpaired) electrons. The van der Waals surface area contributed by atoms with E-state index in [0.717, 1.165) is 25.4 Å². The van der Waals surface area contributed by atoms with Crippen LogP contribution in [0.25, 0.3) is 0 Å². The standard InChI is InChI=1S/C18H28N2O4/c1-15-12-20(13-16(2)24-15)9-8-19-18(21)14-22-10-11-23-17-6-4-3-5-7-17/h3-7,15-16H,8-14H2,1-2H3,(H,19,21)/t15-,16-/m0/s1. The summed E-state index contributed by atoms with van der Waals surface area (Å²) in [4.78, 5) is 14.0. The number of rotatable bonds is 9. The van der Waals surface area contributed by atoms with Crippen molar-refractivity contribution in [3.8, 4) is 5.75 Å². The third-order valence-corrected chi connectivity index (χ3v) is 3.72. The molecule has 1 aliphatic heterocycles. The van der Waals surface area contributed by atoms with E-state index in [0.29, 0.717) is 19.8 Å². The number of ether oxygens (including phenoxy) is 3. The van der Waals surface area contributed by atoms with Crippen molar-refractivity contribution in [1.82, 2.24) is 10.2 Å². The number of para-hydroxylation sites is 1. The Morgan fingerprint density at radius 3 is 2.62 bits per heavy atom. The molecule has 24 heavy (non-hydrogen) atoms. The third-order valence-electron chi connectivity index (χ3n) is 3.72. The topological polar surface area (TPSA) is 60.0 Å². The van der Waals surface area contributed by atoms with Gasteiger partial charge < -0.3 is 19.5 Å². The quantitative estimate of drug-likeness (QED) is 0.689. The summed E-state index contributed by atoms with van der Waals surface area (Å²) in [6, 6.07) is 9.55. The monoisotopic (exact) mass is 336 g/mol. The Hall–Kier alpha value is -1.63. The van der Waals surface area contributed by atoms with E-state index in [1.807, 2.05) is 30.3 Å². The lowest BCUT2D eigenvalue weighted by Crippen LogP contribution is -2.48. The van der Waals surface area contributed by atoms with Gasteiger partial charge in [-0.2, -0.15) is 0 Å². The lowest BCUT2D eigenvalue weighted by atomic mass is 10.2. The molecule has 0 aliphatic carbocycles. The number of benzene rings is 1. The summed E-state index contributed by atoms with van der Waals surface area (Å²) in [5.41, 5.74) is 0. The molecular weight excluding hydrogens is 308 g/mol. The lowest BCUT2D eigenvalue weighted by Gasteiger charge is -2.35. The summed E-state index contributed by atoms with van der Waals surface area (Å²) in [5, 5.41) is 2.88. The maximum absolute atomic E-state index is 11.7. The van der Waals surface area contributed by atoms with Gasteiger partial charge in [0.25, 0.3) is 0 Å². The Labute approximate surface area is 144 Å². The van der Waals surface area contributed by atoms with Gasteiger partial charge in [0.05, 0.1) is 18.8 Å². The third kappa shape index (κ3) is 7.29. The van der Waals surface area contributed by atoms with Crippen LogP contribution in [0.4, 0.5) is 0 Å². The fourth-order valence-electron chi connectivity index (χ4n) is 2.77. The highest BCUT2D eigenvalue weighted by molar-refractivity contribution is 5.77. The maximum Gasteiger partial charge on any atom is 0.246 e. The minimum absolute atomic E-state index is 0.0636. The zero-order valence-corrected chi connectivity index (χ0v) is 14.6. The van der Waals surface area contributed by atoms with E-state index in [1.165, 1.54) is 0 Å². The Bertz CT molecular complexity index is 473. The molecule has 1 aromatic rings. The predicted octanol–water partition coefficient (Wildman–Crippen LogP) is 1.31. The summed E-state index contributed by atoms with van der Waals surface area (Å²) >= 11 is 0. The van der Waals surface area contributed by atoms with Crippen molar-refractivity contribution in [2.24, 2.45) is 0 Å². The van der Waals surface area contributed by atoms with Gasteiger partial charge in [-0.15, -0.1) is 0 Å². The van der Waals surface area contributed by atoms with Crippen LogP contribution < -0.4 is 10.1 Å². The molecule has 0 unspecified atom stereocenters. The molecular formula is C18H28N2O4. The average Bonchev–Trinajstić information content (AvgIpc) is 2.54.